The van der Waals surface area contributed by atoms with Crippen LogP contribution in [-0.2, 0) is 32.7 Å². The van der Waals surface area contributed by atoms with Gasteiger partial charge in [0, 0.05) is 12.8 Å². The van der Waals surface area contributed by atoms with Gasteiger partial charge in [0.05, 0.1) is 6.61 Å². The van der Waals surface area contributed by atoms with Crippen molar-refractivity contribution in [1.29, 1.82) is 0 Å². The number of carbonyl (C=O) groups is 2. The number of hydrogen-bond acceptors (Lipinski definition) is 12. The quantitative estimate of drug-likeness (QED) is 0.0162. The van der Waals surface area contributed by atoms with E-state index in [2.05, 4.69) is 50.3 Å². The van der Waals surface area contributed by atoms with Crippen LogP contribution in [-0.4, -0.2) is 98.3 Å². The Kier molecular flexibility index (Phi) is 30.7. The maximum atomic E-state index is 12.8. The van der Waals surface area contributed by atoms with Gasteiger partial charge in [-0.3, -0.25) is 18.6 Å². The van der Waals surface area contributed by atoms with Crippen molar-refractivity contribution in [2.45, 2.75) is 204 Å². The fourth-order valence-electron chi connectivity index (χ4n) is 6.23. The Hall–Kier alpha value is -1.93. The highest BCUT2D eigenvalue weighted by Gasteiger charge is 2.51. The minimum Gasteiger partial charge on any atom is -0.462 e. The summed E-state index contributed by atoms with van der Waals surface area (Å²) in [4.78, 5) is 35.5. The van der Waals surface area contributed by atoms with Gasteiger partial charge in [0.1, 0.15) is 43.2 Å². The summed E-state index contributed by atoms with van der Waals surface area (Å²) in [5.41, 5.74) is 0. The van der Waals surface area contributed by atoms with Gasteiger partial charge in [-0.1, -0.05) is 134 Å². The summed E-state index contributed by atoms with van der Waals surface area (Å²) in [5, 5.41) is 50.0. The van der Waals surface area contributed by atoms with Crippen LogP contribution in [0, 0.1) is 0 Å². The van der Waals surface area contributed by atoms with E-state index < -0.39 is 75.7 Å². The zero-order valence-corrected chi connectivity index (χ0v) is 35.1. The first-order valence-electron chi connectivity index (χ1n) is 21.3. The molecule has 0 bridgehead atoms. The van der Waals surface area contributed by atoms with Crippen molar-refractivity contribution in [3.8, 4) is 0 Å². The molecule has 13 nitrogen and oxygen atoms in total. The molecule has 0 aromatic heterocycles. The fraction of sp³-hybridized carbons (Fsp3) is 0.810. The fourth-order valence-corrected chi connectivity index (χ4v) is 7.21. The highest BCUT2D eigenvalue weighted by atomic mass is 31.2. The molecule has 1 aliphatic carbocycles. The molecule has 14 heteroatoms. The number of aliphatic hydroxyl groups is 5. The van der Waals surface area contributed by atoms with Crippen molar-refractivity contribution in [3.63, 3.8) is 0 Å². The van der Waals surface area contributed by atoms with Crippen molar-refractivity contribution in [1.82, 2.24) is 0 Å². The van der Waals surface area contributed by atoms with Gasteiger partial charge in [-0.25, -0.2) is 4.57 Å². The lowest BCUT2D eigenvalue weighted by atomic mass is 9.85. The van der Waals surface area contributed by atoms with Crippen molar-refractivity contribution in [2.75, 3.05) is 13.2 Å². The van der Waals surface area contributed by atoms with Crippen LogP contribution in [0.3, 0.4) is 0 Å². The molecule has 1 saturated carbocycles. The molecule has 6 unspecified atom stereocenters. The number of unbranched alkanes of at least 4 members (excludes halogenated alkanes) is 16. The molecule has 0 amide bonds. The second kappa shape index (κ2) is 33.0. The SMILES string of the molecule is CCCCC/C=C\C/C=C\C/C=C\CCCCC(=O)O[C@H](COC(=O)CCCCCCCCCCCCCC)COP(=O)(O)OC1C(O)C(O)C(O)[C@@H](O)C1O. The number of rotatable bonds is 34. The lowest BCUT2D eigenvalue weighted by Gasteiger charge is -2.41. The predicted molar refractivity (Wildman–Crippen MR) is 216 cm³/mol. The van der Waals surface area contributed by atoms with Crippen molar-refractivity contribution < 1.29 is 63.1 Å². The second-order valence-corrected chi connectivity index (χ2v) is 16.3. The Balaban J connectivity index is 2.54. The van der Waals surface area contributed by atoms with E-state index in [-0.39, 0.29) is 12.8 Å². The molecule has 1 aliphatic rings. The van der Waals surface area contributed by atoms with Crippen LogP contribution in [0.5, 0.6) is 0 Å². The smallest absolute Gasteiger partial charge is 0.462 e. The number of carbonyl (C=O) groups excluding carboxylic acids is 2. The molecule has 56 heavy (non-hydrogen) atoms. The Morgan fingerprint density at radius 3 is 1.50 bits per heavy atom. The predicted octanol–water partition coefficient (Wildman–Crippen LogP) is 7.44. The van der Waals surface area contributed by atoms with Gasteiger partial charge < -0.3 is 39.9 Å². The lowest BCUT2D eigenvalue weighted by molar-refractivity contribution is -0.220. The number of phosphoric ester groups is 1. The number of hydrogen-bond donors (Lipinski definition) is 6. The first kappa shape index (κ1) is 52.1. The van der Waals surface area contributed by atoms with Gasteiger partial charge in [0.15, 0.2) is 6.10 Å². The Bertz CT molecular complexity index is 1130. The summed E-state index contributed by atoms with van der Waals surface area (Å²) >= 11 is 0. The molecule has 0 aromatic carbocycles. The molecule has 1 rings (SSSR count). The van der Waals surface area contributed by atoms with Crippen LogP contribution in [0.2, 0.25) is 0 Å². The van der Waals surface area contributed by atoms with E-state index in [0.29, 0.717) is 12.8 Å². The van der Waals surface area contributed by atoms with Gasteiger partial charge in [0.25, 0.3) is 0 Å². The van der Waals surface area contributed by atoms with E-state index in [9.17, 15) is 44.6 Å². The van der Waals surface area contributed by atoms with Gasteiger partial charge in [-0.2, -0.15) is 0 Å². The van der Waals surface area contributed by atoms with Crippen molar-refractivity contribution in [2.24, 2.45) is 0 Å². The van der Waals surface area contributed by atoms with E-state index in [1.807, 2.05) is 0 Å². The van der Waals surface area contributed by atoms with Crippen LogP contribution in [0.15, 0.2) is 36.5 Å². The zero-order valence-electron chi connectivity index (χ0n) is 34.2. The molecule has 326 valence electrons. The molecule has 0 radical (unpaired) electrons. The van der Waals surface area contributed by atoms with Gasteiger partial charge in [-0.05, 0) is 51.4 Å². The molecule has 1 fully saturated rings. The van der Waals surface area contributed by atoms with Crippen LogP contribution in [0.4, 0.5) is 0 Å². The van der Waals surface area contributed by atoms with Gasteiger partial charge >= 0.3 is 19.8 Å². The summed E-state index contributed by atoms with van der Waals surface area (Å²) in [5.74, 6) is -1.14. The molecule has 0 spiro atoms. The largest absolute Gasteiger partial charge is 0.472 e. The van der Waals surface area contributed by atoms with Crippen LogP contribution in [0.25, 0.3) is 0 Å². The summed E-state index contributed by atoms with van der Waals surface area (Å²) in [6, 6.07) is 0. The zero-order chi connectivity index (χ0) is 41.4. The highest BCUT2D eigenvalue weighted by Crippen LogP contribution is 2.47. The summed E-state index contributed by atoms with van der Waals surface area (Å²) < 4.78 is 33.4. The maximum absolute atomic E-state index is 12.8. The third-order valence-electron chi connectivity index (χ3n) is 9.73. The van der Waals surface area contributed by atoms with Crippen LogP contribution < -0.4 is 0 Å². The van der Waals surface area contributed by atoms with E-state index >= 15 is 0 Å². The van der Waals surface area contributed by atoms with E-state index in [4.69, 9.17) is 18.5 Å². The monoisotopic (exact) mass is 818 g/mol. The average molecular weight is 819 g/mol. The van der Waals surface area contributed by atoms with Crippen molar-refractivity contribution >= 4 is 19.8 Å². The lowest BCUT2D eigenvalue weighted by Crippen LogP contribution is -2.64. The third-order valence-corrected chi connectivity index (χ3v) is 10.7. The number of aliphatic hydroxyl groups excluding tert-OH is 5. The molecule has 6 N–H and O–H groups in total. The molecular weight excluding hydrogens is 743 g/mol. The summed E-state index contributed by atoms with van der Waals surface area (Å²) in [7, 11) is -5.12. The minimum absolute atomic E-state index is 0.0491. The number of ether oxygens (including phenoxy) is 2. The maximum Gasteiger partial charge on any atom is 0.472 e. The van der Waals surface area contributed by atoms with E-state index in [0.717, 1.165) is 51.4 Å². The van der Waals surface area contributed by atoms with Gasteiger partial charge in [0.2, 0.25) is 0 Å². The average Bonchev–Trinajstić information content (AvgIpc) is 3.18. The summed E-state index contributed by atoms with van der Waals surface area (Å²) in [6.07, 6.45) is 22.1. The molecular formula is C42H75O13P. The van der Waals surface area contributed by atoms with Crippen LogP contribution >= 0.6 is 7.82 Å². The summed E-state index contributed by atoms with van der Waals surface area (Å²) in [6.45, 7) is 3.21. The highest BCUT2D eigenvalue weighted by molar-refractivity contribution is 7.47. The molecule has 0 aliphatic heterocycles. The first-order valence-corrected chi connectivity index (χ1v) is 22.8. The second-order valence-electron chi connectivity index (χ2n) is 14.8. The number of esters is 2. The minimum atomic E-state index is -5.12. The normalized spacial score (nSPS) is 23.2. The van der Waals surface area contributed by atoms with E-state index in [1.165, 1.54) is 70.6 Å². The third kappa shape index (κ3) is 25.4. The van der Waals surface area contributed by atoms with Gasteiger partial charge in [-0.15, -0.1) is 0 Å². The Labute approximate surface area is 336 Å². The number of allylic oxidation sites excluding steroid dienone is 6. The standard InChI is InChI=1S/C42H75O13P/c1-3-5-7-9-11-13-15-17-18-19-21-23-25-27-29-31-36(44)54-34(32-52-35(43)30-28-26-24-22-20-16-14-12-10-8-6-4-2)33-53-56(50,51)55-42-40(48)38(46)37(45)39(47)41(42)49/h11,13,17-18,21,23,34,37-42,45-49H,3-10,12,14-16,19-20,22,24-33H2,1-2H3,(H,50,51)/b13-11-,18-17-,23-21-/t34-,37?,38-,39?,40?,41?,42?/m1/s1. The topological polar surface area (TPSA) is 210 Å². The first-order chi connectivity index (χ1) is 26.9. The molecule has 0 saturated heterocycles. The van der Waals surface area contributed by atoms with Crippen molar-refractivity contribution in [3.05, 3.63) is 36.5 Å². The molecule has 0 heterocycles. The Morgan fingerprint density at radius 2 is 0.964 bits per heavy atom. The van der Waals surface area contributed by atoms with E-state index in [1.54, 1.807) is 0 Å². The van der Waals surface area contributed by atoms with Crippen LogP contribution in [0.1, 0.15) is 162 Å². The molecule has 8 atom stereocenters. The number of phosphoric acid groups is 1. The molecule has 0 aromatic rings. The Morgan fingerprint density at radius 1 is 0.554 bits per heavy atom.